The number of nitrogens with one attached hydrogen (secondary N) is 3. The van der Waals surface area contributed by atoms with Gasteiger partial charge in [0.05, 0.1) is 32.5 Å². The number of nitrogens with zero attached hydrogens (tertiary/aromatic N) is 1. The fourth-order valence-corrected chi connectivity index (χ4v) is 3.32. The Morgan fingerprint density at radius 3 is 2.38 bits per heavy atom. The zero-order valence-electron chi connectivity index (χ0n) is 10.6. The second kappa shape index (κ2) is 5.92. The molecule has 21 heavy (non-hydrogen) atoms. The molecule has 2 rings (SSSR count). The molecule has 0 fully saturated rings. The van der Waals surface area contributed by atoms with Gasteiger partial charge in [-0.3, -0.25) is 14.6 Å². The van der Waals surface area contributed by atoms with E-state index < -0.39 is 10.0 Å². The minimum Gasteiger partial charge on any atom is -0.324 e. The molecular weight excluding hydrogens is 339 g/mol. The van der Waals surface area contributed by atoms with E-state index in [1.54, 1.807) is 0 Å². The van der Waals surface area contributed by atoms with Crippen LogP contribution in [-0.2, 0) is 14.8 Å². The van der Waals surface area contributed by atoms with Crippen LogP contribution >= 0.6 is 23.2 Å². The molecule has 0 radical (unpaired) electrons. The van der Waals surface area contributed by atoms with Crippen molar-refractivity contribution in [3.63, 3.8) is 0 Å². The number of sulfonamides is 1. The lowest BCUT2D eigenvalue weighted by Gasteiger charge is -2.11. The summed E-state index contributed by atoms with van der Waals surface area (Å²) < 4.78 is 26.7. The Morgan fingerprint density at radius 2 is 1.90 bits per heavy atom. The summed E-state index contributed by atoms with van der Waals surface area (Å²) in [6.45, 7) is 1.29. The topological polar surface area (TPSA) is 104 Å². The monoisotopic (exact) mass is 348 g/mol. The average molecular weight is 349 g/mol. The van der Waals surface area contributed by atoms with E-state index >= 15 is 0 Å². The fraction of sp³-hybridized carbons (Fsp3) is 0.0909. The molecule has 0 aliphatic carbocycles. The number of carbonyl (C=O) groups excluding carboxylic acids is 1. The van der Waals surface area contributed by atoms with Gasteiger partial charge in [0.2, 0.25) is 5.91 Å². The smallest absolute Gasteiger partial charge is 0.262 e. The van der Waals surface area contributed by atoms with Crippen LogP contribution in [0.3, 0.4) is 0 Å². The quantitative estimate of drug-likeness (QED) is 0.789. The Balaban J connectivity index is 2.39. The van der Waals surface area contributed by atoms with E-state index in [0.29, 0.717) is 0 Å². The van der Waals surface area contributed by atoms with Crippen LogP contribution < -0.4 is 10.0 Å². The molecular formula is C11H10Cl2N4O3S. The number of anilines is 2. The molecule has 0 aliphatic rings. The van der Waals surface area contributed by atoms with Crippen LogP contribution in [0.25, 0.3) is 0 Å². The maximum absolute atomic E-state index is 12.2. The third kappa shape index (κ3) is 3.66. The summed E-state index contributed by atoms with van der Waals surface area (Å²) in [6.07, 6.45) is 2.69. The lowest BCUT2D eigenvalue weighted by Crippen LogP contribution is -2.13. The maximum Gasteiger partial charge on any atom is 0.262 e. The SMILES string of the molecule is CC(=O)Nc1c(Cl)cc(S(=O)(=O)Nc2cn[nH]c2)cc1Cl. The van der Waals surface area contributed by atoms with E-state index in [1.165, 1.54) is 31.5 Å². The first-order valence-electron chi connectivity index (χ1n) is 5.58. The molecule has 0 atom stereocenters. The summed E-state index contributed by atoms with van der Waals surface area (Å²) in [5.41, 5.74) is 0.432. The molecule has 1 heterocycles. The third-order valence-corrected chi connectivity index (χ3v) is 4.33. The van der Waals surface area contributed by atoms with Crippen LogP contribution in [0.15, 0.2) is 29.4 Å². The summed E-state index contributed by atoms with van der Waals surface area (Å²) in [7, 11) is -3.87. The Hall–Kier alpha value is -1.77. The highest BCUT2D eigenvalue weighted by Crippen LogP contribution is 2.33. The van der Waals surface area contributed by atoms with Gasteiger partial charge in [-0.25, -0.2) is 8.42 Å². The van der Waals surface area contributed by atoms with Crippen LogP contribution in [0.1, 0.15) is 6.92 Å². The van der Waals surface area contributed by atoms with E-state index in [1.807, 2.05) is 0 Å². The van der Waals surface area contributed by atoms with E-state index in [2.05, 4.69) is 20.2 Å². The van der Waals surface area contributed by atoms with E-state index in [-0.39, 0.29) is 32.2 Å². The maximum atomic E-state index is 12.2. The Bertz CT molecular complexity index is 752. The molecule has 3 N–H and O–H groups in total. The predicted molar refractivity (Wildman–Crippen MR) is 80.2 cm³/mol. The number of hydrogen-bond donors (Lipinski definition) is 3. The summed E-state index contributed by atoms with van der Waals surface area (Å²) in [4.78, 5) is 10.9. The van der Waals surface area contributed by atoms with Crippen molar-refractivity contribution in [1.82, 2.24) is 10.2 Å². The standard InChI is InChI=1S/C11H10Cl2N4O3S/c1-6(18)16-11-9(12)2-8(3-10(11)13)21(19,20)17-7-4-14-15-5-7/h2-5,17H,1H3,(H,14,15)(H,16,18). The molecule has 1 aromatic carbocycles. The largest absolute Gasteiger partial charge is 0.324 e. The number of H-pyrrole nitrogens is 1. The number of carbonyl (C=O) groups is 1. The minimum absolute atomic E-state index is 0.0188. The number of aromatic amines is 1. The van der Waals surface area contributed by atoms with Crippen molar-refractivity contribution in [2.45, 2.75) is 11.8 Å². The van der Waals surface area contributed by atoms with Crippen molar-refractivity contribution in [3.05, 3.63) is 34.6 Å². The normalized spacial score (nSPS) is 11.2. The Kier molecular flexibility index (Phi) is 4.40. The molecule has 2 aromatic rings. The van der Waals surface area contributed by atoms with Gasteiger partial charge >= 0.3 is 0 Å². The summed E-state index contributed by atoms with van der Waals surface area (Å²) in [6, 6.07) is 2.39. The van der Waals surface area contributed by atoms with E-state index in [9.17, 15) is 13.2 Å². The van der Waals surface area contributed by atoms with Crippen molar-refractivity contribution < 1.29 is 13.2 Å². The summed E-state index contributed by atoms with van der Waals surface area (Å²) in [5, 5.41) is 8.58. The molecule has 0 saturated heterocycles. The summed E-state index contributed by atoms with van der Waals surface area (Å²) >= 11 is 11.9. The van der Waals surface area contributed by atoms with Crippen LogP contribution in [0, 0.1) is 0 Å². The van der Waals surface area contributed by atoms with Gasteiger partial charge in [-0.2, -0.15) is 5.10 Å². The first kappa shape index (κ1) is 15.6. The highest BCUT2D eigenvalue weighted by molar-refractivity contribution is 7.92. The number of aromatic nitrogens is 2. The van der Waals surface area contributed by atoms with E-state index in [4.69, 9.17) is 23.2 Å². The van der Waals surface area contributed by atoms with Gasteiger partial charge in [-0.05, 0) is 12.1 Å². The van der Waals surface area contributed by atoms with Gasteiger partial charge in [-0.1, -0.05) is 23.2 Å². The third-order valence-electron chi connectivity index (χ3n) is 2.38. The second-order valence-corrected chi connectivity index (χ2v) is 6.53. The molecule has 1 aromatic heterocycles. The minimum atomic E-state index is -3.87. The molecule has 0 aliphatic heterocycles. The van der Waals surface area contributed by atoms with Gasteiger partial charge in [0.15, 0.2) is 0 Å². The van der Waals surface area contributed by atoms with Crippen LogP contribution in [0.5, 0.6) is 0 Å². The molecule has 0 unspecified atom stereocenters. The number of rotatable bonds is 4. The summed E-state index contributed by atoms with van der Waals surface area (Å²) in [5.74, 6) is -0.370. The molecule has 10 heteroatoms. The predicted octanol–water partition coefficient (Wildman–Crippen LogP) is 2.48. The van der Waals surface area contributed by atoms with Crippen molar-refractivity contribution in [2.24, 2.45) is 0 Å². The molecule has 1 amide bonds. The lowest BCUT2D eigenvalue weighted by molar-refractivity contribution is -0.114. The van der Waals surface area contributed by atoms with Gasteiger partial charge in [-0.15, -0.1) is 0 Å². The number of amides is 1. The highest BCUT2D eigenvalue weighted by atomic mass is 35.5. The van der Waals surface area contributed by atoms with Crippen molar-refractivity contribution in [3.8, 4) is 0 Å². The molecule has 0 saturated carbocycles. The van der Waals surface area contributed by atoms with Crippen LogP contribution in [0.4, 0.5) is 11.4 Å². The lowest BCUT2D eigenvalue weighted by atomic mass is 10.3. The van der Waals surface area contributed by atoms with Crippen molar-refractivity contribution in [2.75, 3.05) is 10.0 Å². The Morgan fingerprint density at radius 1 is 1.29 bits per heavy atom. The van der Waals surface area contributed by atoms with Gasteiger partial charge in [0.25, 0.3) is 10.0 Å². The van der Waals surface area contributed by atoms with Gasteiger partial charge in [0, 0.05) is 13.1 Å². The van der Waals surface area contributed by atoms with E-state index in [0.717, 1.165) is 0 Å². The van der Waals surface area contributed by atoms with Crippen molar-refractivity contribution >= 4 is 50.5 Å². The van der Waals surface area contributed by atoms with Crippen LogP contribution in [0.2, 0.25) is 10.0 Å². The van der Waals surface area contributed by atoms with Crippen molar-refractivity contribution in [1.29, 1.82) is 0 Å². The van der Waals surface area contributed by atoms with Crippen LogP contribution in [-0.4, -0.2) is 24.5 Å². The number of halogens is 2. The molecule has 7 nitrogen and oxygen atoms in total. The molecule has 0 bridgehead atoms. The number of benzene rings is 1. The zero-order chi connectivity index (χ0) is 15.6. The average Bonchev–Trinajstić information content (AvgIpc) is 2.85. The first-order valence-corrected chi connectivity index (χ1v) is 7.82. The molecule has 112 valence electrons. The fourth-order valence-electron chi connectivity index (χ4n) is 1.52. The van der Waals surface area contributed by atoms with Gasteiger partial charge in [0.1, 0.15) is 0 Å². The Labute approximate surface area is 130 Å². The first-order chi connectivity index (χ1) is 9.79. The molecule has 0 spiro atoms. The zero-order valence-corrected chi connectivity index (χ0v) is 13.0. The second-order valence-electron chi connectivity index (χ2n) is 4.04. The van der Waals surface area contributed by atoms with Gasteiger partial charge < -0.3 is 5.32 Å². The highest BCUT2D eigenvalue weighted by Gasteiger charge is 2.19. The number of hydrogen-bond acceptors (Lipinski definition) is 4.